The van der Waals surface area contributed by atoms with Crippen molar-refractivity contribution in [3.05, 3.63) is 39.8 Å². The molecule has 1 aromatic carbocycles. The van der Waals surface area contributed by atoms with Crippen molar-refractivity contribution < 1.29 is 14.3 Å². The van der Waals surface area contributed by atoms with Crippen LogP contribution in [0.3, 0.4) is 0 Å². The lowest BCUT2D eigenvalue weighted by Gasteiger charge is -2.16. The summed E-state index contributed by atoms with van der Waals surface area (Å²) in [4.78, 5) is 19.9. The van der Waals surface area contributed by atoms with Crippen molar-refractivity contribution in [3.8, 4) is 17.6 Å². The minimum absolute atomic E-state index is 0.00545. The second-order valence-electron chi connectivity index (χ2n) is 7.55. The molecular formula is C23H25N3O3S. The van der Waals surface area contributed by atoms with E-state index in [1.165, 1.54) is 16.9 Å². The zero-order valence-corrected chi connectivity index (χ0v) is 18.0. The van der Waals surface area contributed by atoms with E-state index in [1.54, 1.807) is 30.7 Å². The Morgan fingerprint density at radius 2 is 2.03 bits per heavy atom. The van der Waals surface area contributed by atoms with Crippen LogP contribution in [0, 0.1) is 11.3 Å². The maximum absolute atomic E-state index is 12.2. The fourth-order valence-corrected chi connectivity index (χ4v) is 5.16. The molecule has 0 saturated carbocycles. The molecule has 0 spiro atoms. The van der Waals surface area contributed by atoms with Gasteiger partial charge in [-0.25, -0.2) is 4.99 Å². The molecule has 1 aromatic heterocycles. The van der Waals surface area contributed by atoms with Gasteiger partial charge in [-0.3, -0.25) is 4.79 Å². The van der Waals surface area contributed by atoms with Crippen LogP contribution in [0.1, 0.15) is 47.3 Å². The Labute approximate surface area is 180 Å². The minimum atomic E-state index is 0.00545. The molecule has 1 saturated heterocycles. The molecule has 156 valence electrons. The lowest BCUT2D eigenvalue weighted by molar-refractivity contribution is -0.132. The molecule has 1 amide bonds. The Balaban J connectivity index is 1.47. The first-order chi connectivity index (χ1) is 14.7. The van der Waals surface area contributed by atoms with Gasteiger partial charge < -0.3 is 14.4 Å². The molecule has 0 radical (unpaired) electrons. The van der Waals surface area contributed by atoms with Gasteiger partial charge in [-0.1, -0.05) is 0 Å². The summed E-state index contributed by atoms with van der Waals surface area (Å²) in [7, 11) is 1.58. The average molecular weight is 424 g/mol. The number of carbonyl (C=O) groups excluding carboxylic acids is 1. The summed E-state index contributed by atoms with van der Waals surface area (Å²) in [5.41, 5.74) is 2.75. The number of rotatable bonds is 6. The fourth-order valence-electron chi connectivity index (χ4n) is 3.97. The van der Waals surface area contributed by atoms with Gasteiger partial charge in [-0.2, -0.15) is 5.26 Å². The van der Waals surface area contributed by atoms with Crippen LogP contribution in [0.2, 0.25) is 0 Å². The third-order valence-corrected chi connectivity index (χ3v) is 6.79. The van der Waals surface area contributed by atoms with E-state index in [4.69, 9.17) is 9.47 Å². The maximum Gasteiger partial charge on any atom is 0.260 e. The van der Waals surface area contributed by atoms with Gasteiger partial charge in [0.15, 0.2) is 18.1 Å². The number of thiophene rings is 1. The number of methoxy groups -OCH3 is 1. The molecule has 4 rings (SSSR count). The number of benzene rings is 1. The van der Waals surface area contributed by atoms with Crippen molar-refractivity contribution in [2.75, 3.05) is 26.8 Å². The zero-order valence-electron chi connectivity index (χ0n) is 17.1. The van der Waals surface area contributed by atoms with Gasteiger partial charge in [0.05, 0.1) is 12.7 Å². The molecule has 1 aliphatic heterocycles. The van der Waals surface area contributed by atoms with E-state index >= 15 is 0 Å². The first kappa shape index (κ1) is 20.4. The van der Waals surface area contributed by atoms with Crippen LogP contribution >= 0.6 is 11.3 Å². The first-order valence-electron chi connectivity index (χ1n) is 10.4. The minimum Gasteiger partial charge on any atom is -0.493 e. The van der Waals surface area contributed by atoms with Crippen molar-refractivity contribution in [2.24, 2.45) is 4.99 Å². The van der Waals surface area contributed by atoms with Crippen LogP contribution in [-0.2, 0) is 17.6 Å². The summed E-state index contributed by atoms with van der Waals surface area (Å²) in [6.07, 6.45) is 8.20. The molecule has 0 N–H and O–H groups in total. The lowest BCUT2D eigenvalue weighted by atomic mass is 9.96. The molecule has 6 nitrogen and oxygen atoms in total. The SMILES string of the molecule is COc1cc(C=Nc2sc3c(c2C#N)CCCC3)ccc1OCC(=O)N1CCCC1. The number of nitrogens with zero attached hydrogens (tertiary/aromatic N) is 3. The van der Waals surface area contributed by atoms with Gasteiger partial charge in [0.1, 0.15) is 11.1 Å². The molecule has 0 unspecified atom stereocenters. The van der Waals surface area contributed by atoms with Crippen molar-refractivity contribution in [1.29, 1.82) is 5.26 Å². The molecular weight excluding hydrogens is 398 g/mol. The van der Waals surface area contributed by atoms with Crippen LogP contribution in [-0.4, -0.2) is 43.8 Å². The van der Waals surface area contributed by atoms with Crippen LogP contribution in [0.15, 0.2) is 23.2 Å². The number of hydrogen-bond donors (Lipinski definition) is 0. The highest BCUT2D eigenvalue weighted by Crippen LogP contribution is 2.39. The number of fused-ring (bicyclic) bond motifs is 1. The van der Waals surface area contributed by atoms with E-state index < -0.39 is 0 Å². The quantitative estimate of drug-likeness (QED) is 0.651. The Hall–Kier alpha value is -2.85. The molecule has 0 bridgehead atoms. The molecule has 2 heterocycles. The summed E-state index contributed by atoms with van der Waals surface area (Å²) >= 11 is 1.62. The van der Waals surface area contributed by atoms with Crippen molar-refractivity contribution in [3.63, 3.8) is 0 Å². The van der Waals surface area contributed by atoms with E-state index in [-0.39, 0.29) is 12.5 Å². The van der Waals surface area contributed by atoms with Crippen LogP contribution < -0.4 is 9.47 Å². The summed E-state index contributed by atoms with van der Waals surface area (Å²) < 4.78 is 11.2. The highest BCUT2D eigenvalue weighted by Gasteiger charge is 2.21. The van der Waals surface area contributed by atoms with E-state index in [0.29, 0.717) is 11.5 Å². The Bertz CT molecular complexity index is 1000. The average Bonchev–Trinajstić information content (AvgIpc) is 3.44. The van der Waals surface area contributed by atoms with E-state index in [1.807, 2.05) is 17.0 Å². The number of ether oxygens (including phenoxy) is 2. The number of aryl methyl sites for hydroxylation is 1. The zero-order chi connectivity index (χ0) is 20.9. The van der Waals surface area contributed by atoms with Gasteiger partial charge in [-0.15, -0.1) is 11.3 Å². The summed E-state index contributed by atoms with van der Waals surface area (Å²) in [5, 5.41) is 10.4. The molecule has 1 fully saturated rings. The second kappa shape index (κ2) is 9.31. The van der Waals surface area contributed by atoms with Gasteiger partial charge in [0, 0.05) is 24.2 Å². The van der Waals surface area contributed by atoms with Crippen LogP contribution in [0.5, 0.6) is 11.5 Å². The highest BCUT2D eigenvalue weighted by molar-refractivity contribution is 7.16. The van der Waals surface area contributed by atoms with E-state index in [0.717, 1.165) is 61.3 Å². The van der Waals surface area contributed by atoms with Gasteiger partial charge >= 0.3 is 0 Å². The molecule has 2 aromatic rings. The summed E-state index contributed by atoms with van der Waals surface area (Å²) in [6.45, 7) is 1.63. The Kier molecular flexibility index (Phi) is 6.34. The van der Waals surface area contributed by atoms with Crippen LogP contribution in [0.25, 0.3) is 0 Å². The summed E-state index contributed by atoms with van der Waals surface area (Å²) in [6, 6.07) is 7.84. The van der Waals surface area contributed by atoms with E-state index in [2.05, 4.69) is 11.1 Å². The number of nitriles is 1. The molecule has 0 atom stereocenters. The Morgan fingerprint density at radius 3 is 2.80 bits per heavy atom. The van der Waals surface area contributed by atoms with Gasteiger partial charge in [0.25, 0.3) is 5.91 Å². The van der Waals surface area contributed by atoms with Crippen molar-refractivity contribution >= 4 is 28.5 Å². The third-order valence-electron chi connectivity index (χ3n) is 5.59. The Morgan fingerprint density at radius 1 is 1.23 bits per heavy atom. The number of aliphatic imine (C=N–C) groups is 1. The monoisotopic (exact) mass is 423 g/mol. The first-order valence-corrected chi connectivity index (χ1v) is 11.2. The molecule has 30 heavy (non-hydrogen) atoms. The standard InChI is InChI=1S/C23H25N3O3S/c1-28-20-12-16(8-9-19(20)29-15-22(27)26-10-4-5-11-26)14-25-23-18(13-24)17-6-2-3-7-21(17)30-23/h8-9,12,14H,2-7,10-11,15H2,1H3. The van der Waals surface area contributed by atoms with Crippen molar-refractivity contribution in [2.45, 2.75) is 38.5 Å². The third kappa shape index (κ3) is 4.34. The largest absolute Gasteiger partial charge is 0.493 e. The maximum atomic E-state index is 12.2. The second-order valence-corrected chi connectivity index (χ2v) is 8.63. The van der Waals surface area contributed by atoms with Gasteiger partial charge in [-0.05, 0) is 67.9 Å². The number of likely N-dealkylation sites (tertiary alicyclic amines) is 1. The molecule has 2 aliphatic rings. The van der Waals surface area contributed by atoms with Crippen molar-refractivity contribution in [1.82, 2.24) is 4.90 Å². The fraction of sp³-hybridized carbons (Fsp3) is 0.435. The number of hydrogen-bond acceptors (Lipinski definition) is 6. The lowest BCUT2D eigenvalue weighted by Crippen LogP contribution is -2.32. The van der Waals surface area contributed by atoms with E-state index in [9.17, 15) is 10.1 Å². The normalized spacial score (nSPS) is 15.8. The number of amides is 1. The highest BCUT2D eigenvalue weighted by atomic mass is 32.1. The predicted molar refractivity (Wildman–Crippen MR) is 117 cm³/mol. The topological polar surface area (TPSA) is 74.9 Å². The van der Waals surface area contributed by atoms with Crippen LogP contribution in [0.4, 0.5) is 5.00 Å². The predicted octanol–water partition coefficient (Wildman–Crippen LogP) is 4.26. The van der Waals surface area contributed by atoms with Gasteiger partial charge in [0.2, 0.25) is 0 Å². The molecule has 1 aliphatic carbocycles. The molecule has 7 heteroatoms. The smallest absolute Gasteiger partial charge is 0.260 e. The number of carbonyl (C=O) groups is 1. The summed E-state index contributed by atoms with van der Waals surface area (Å²) in [5.74, 6) is 1.09.